The molecule has 12 heteroatoms. The lowest BCUT2D eigenvalue weighted by Gasteiger charge is -2.39. The van der Waals surface area contributed by atoms with Crippen molar-refractivity contribution in [2.75, 3.05) is 26.7 Å². The summed E-state index contributed by atoms with van der Waals surface area (Å²) in [6.07, 6.45) is -0.370. The number of benzene rings is 1. The van der Waals surface area contributed by atoms with Crippen LogP contribution in [0.3, 0.4) is 0 Å². The first kappa shape index (κ1) is 24.6. The molecule has 0 radical (unpaired) electrons. The number of carbonyl (C=O) groups excluding carboxylic acids is 3. The molecule has 0 aliphatic carbocycles. The van der Waals surface area contributed by atoms with Crippen LogP contribution in [0, 0.1) is 0 Å². The monoisotopic (exact) mass is 522 g/mol. The van der Waals surface area contributed by atoms with Crippen LogP contribution in [0.1, 0.15) is 48.5 Å². The van der Waals surface area contributed by atoms with Crippen molar-refractivity contribution in [2.45, 2.75) is 39.3 Å². The molecule has 178 valence electrons. The number of hydrazine groups is 1. The standard InChI is InChI=1S/C21H27BrN6O5/c1-13-12-26(10-11-27(13)20(31)33-21(2,3)4)25-18(29)16-17(22)24-28(23-16)15-8-6-14(7-9-15)19(30)32-5/h6-9,13H,10-12H2,1-5H3,(H,25,29)/t13-/m1/s1. The van der Waals surface area contributed by atoms with E-state index < -0.39 is 17.5 Å². The molecule has 0 bridgehead atoms. The van der Waals surface area contributed by atoms with Crippen LogP contribution in [0.2, 0.25) is 0 Å². The lowest BCUT2D eigenvalue weighted by molar-refractivity contribution is -0.00488. The Morgan fingerprint density at radius 1 is 1.12 bits per heavy atom. The molecule has 1 aliphatic heterocycles. The average Bonchev–Trinajstić information content (AvgIpc) is 3.13. The zero-order valence-electron chi connectivity index (χ0n) is 19.2. The summed E-state index contributed by atoms with van der Waals surface area (Å²) in [6, 6.07) is 6.32. The zero-order chi connectivity index (χ0) is 24.3. The fraction of sp³-hybridized carbons (Fsp3) is 0.476. The van der Waals surface area contributed by atoms with E-state index in [9.17, 15) is 14.4 Å². The van der Waals surface area contributed by atoms with Crippen LogP contribution < -0.4 is 5.43 Å². The minimum Gasteiger partial charge on any atom is -0.465 e. The number of nitrogens with zero attached hydrogens (tertiary/aromatic N) is 5. The summed E-state index contributed by atoms with van der Waals surface area (Å²) in [5.41, 5.74) is 3.32. The van der Waals surface area contributed by atoms with E-state index in [2.05, 4.69) is 36.3 Å². The topological polar surface area (TPSA) is 119 Å². The van der Waals surface area contributed by atoms with Gasteiger partial charge in [0.1, 0.15) is 5.60 Å². The molecule has 1 aliphatic rings. The Balaban J connectivity index is 1.63. The van der Waals surface area contributed by atoms with E-state index in [0.717, 1.165) is 0 Å². The van der Waals surface area contributed by atoms with Crippen molar-refractivity contribution >= 4 is 33.9 Å². The molecule has 1 atom stereocenters. The molecule has 0 unspecified atom stereocenters. The maximum absolute atomic E-state index is 12.8. The third-order valence-corrected chi connectivity index (χ3v) is 5.36. The molecular weight excluding hydrogens is 496 g/mol. The SMILES string of the molecule is COC(=O)c1ccc(-n2nc(Br)c(C(=O)NN3CCN(C(=O)OC(C)(C)C)[C@H](C)C3)n2)cc1. The molecule has 2 amide bonds. The van der Waals surface area contributed by atoms with Crippen molar-refractivity contribution < 1.29 is 23.9 Å². The molecule has 0 spiro atoms. The molecule has 1 fully saturated rings. The lowest BCUT2D eigenvalue weighted by atomic mass is 10.2. The Labute approximate surface area is 200 Å². The first-order valence-corrected chi connectivity index (χ1v) is 11.1. The number of carbonyl (C=O) groups is 3. The van der Waals surface area contributed by atoms with E-state index in [1.54, 1.807) is 34.2 Å². The van der Waals surface area contributed by atoms with Crippen molar-refractivity contribution in [1.29, 1.82) is 0 Å². The highest BCUT2D eigenvalue weighted by Crippen LogP contribution is 2.17. The van der Waals surface area contributed by atoms with Gasteiger partial charge in [-0.25, -0.2) is 14.6 Å². The minimum absolute atomic E-state index is 0.106. The van der Waals surface area contributed by atoms with Gasteiger partial charge in [0.2, 0.25) is 0 Å². The Morgan fingerprint density at radius 2 is 1.79 bits per heavy atom. The second kappa shape index (κ2) is 9.87. The third-order valence-electron chi connectivity index (χ3n) is 4.82. The Morgan fingerprint density at radius 3 is 2.36 bits per heavy atom. The Hall–Kier alpha value is -2.99. The summed E-state index contributed by atoms with van der Waals surface area (Å²) in [4.78, 5) is 39.7. The van der Waals surface area contributed by atoms with Crippen LogP contribution in [-0.4, -0.2) is 81.3 Å². The number of rotatable bonds is 4. The molecule has 33 heavy (non-hydrogen) atoms. The predicted molar refractivity (Wildman–Crippen MR) is 122 cm³/mol. The summed E-state index contributed by atoms with van der Waals surface area (Å²) >= 11 is 3.28. The summed E-state index contributed by atoms with van der Waals surface area (Å²) in [5.74, 6) is -0.880. The summed E-state index contributed by atoms with van der Waals surface area (Å²) in [7, 11) is 1.31. The second-order valence-corrected chi connectivity index (χ2v) is 9.33. The maximum Gasteiger partial charge on any atom is 0.410 e. The smallest absolute Gasteiger partial charge is 0.410 e. The van der Waals surface area contributed by atoms with Crippen molar-refractivity contribution in [3.63, 3.8) is 0 Å². The molecule has 0 saturated carbocycles. The zero-order valence-corrected chi connectivity index (χ0v) is 20.7. The van der Waals surface area contributed by atoms with Crippen LogP contribution in [-0.2, 0) is 9.47 Å². The number of methoxy groups -OCH3 is 1. The van der Waals surface area contributed by atoms with E-state index in [1.807, 2.05) is 27.7 Å². The summed E-state index contributed by atoms with van der Waals surface area (Å²) in [6.45, 7) is 8.66. The van der Waals surface area contributed by atoms with Gasteiger partial charge < -0.3 is 14.4 Å². The van der Waals surface area contributed by atoms with Crippen molar-refractivity contribution in [3.05, 3.63) is 40.1 Å². The van der Waals surface area contributed by atoms with Crippen LogP contribution in [0.25, 0.3) is 5.69 Å². The molecule has 2 heterocycles. The molecular formula is C21H27BrN6O5. The van der Waals surface area contributed by atoms with Crippen LogP contribution in [0.5, 0.6) is 0 Å². The fourth-order valence-electron chi connectivity index (χ4n) is 3.24. The van der Waals surface area contributed by atoms with Gasteiger partial charge in [-0.1, -0.05) is 0 Å². The molecule has 1 aromatic heterocycles. The van der Waals surface area contributed by atoms with Gasteiger partial charge in [-0.3, -0.25) is 10.2 Å². The highest BCUT2D eigenvalue weighted by molar-refractivity contribution is 9.10. The summed E-state index contributed by atoms with van der Waals surface area (Å²) < 4.78 is 10.4. The highest BCUT2D eigenvalue weighted by Gasteiger charge is 2.32. The van der Waals surface area contributed by atoms with E-state index in [1.165, 1.54) is 11.9 Å². The van der Waals surface area contributed by atoms with Crippen LogP contribution in [0.4, 0.5) is 4.79 Å². The Kier molecular flexibility index (Phi) is 7.38. The fourth-order valence-corrected chi connectivity index (χ4v) is 3.65. The van der Waals surface area contributed by atoms with Gasteiger partial charge >= 0.3 is 12.1 Å². The van der Waals surface area contributed by atoms with E-state index in [-0.39, 0.29) is 22.4 Å². The number of nitrogens with one attached hydrogen (secondary N) is 1. The van der Waals surface area contributed by atoms with Gasteiger partial charge in [-0.05, 0) is 67.9 Å². The summed E-state index contributed by atoms with van der Waals surface area (Å²) in [5, 5.41) is 10.2. The number of aromatic nitrogens is 3. The number of esters is 1. The molecule has 3 rings (SSSR count). The molecule has 1 saturated heterocycles. The van der Waals surface area contributed by atoms with Crippen molar-refractivity contribution in [2.24, 2.45) is 0 Å². The van der Waals surface area contributed by atoms with Gasteiger partial charge in [0.25, 0.3) is 5.91 Å². The van der Waals surface area contributed by atoms with Crippen LogP contribution in [0.15, 0.2) is 28.9 Å². The van der Waals surface area contributed by atoms with Crippen molar-refractivity contribution in [1.82, 2.24) is 30.3 Å². The number of piperazine rings is 1. The van der Waals surface area contributed by atoms with Gasteiger partial charge in [0.05, 0.1) is 18.4 Å². The minimum atomic E-state index is -0.570. The lowest BCUT2D eigenvalue weighted by Crippen LogP contribution is -2.59. The Bertz CT molecular complexity index is 1030. The number of ether oxygens (including phenoxy) is 2. The van der Waals surface area contributed by atoms with Gasteiger partial charge in [0, 0.05) is 25.7 Å². The van der Waals surface area contributed by atoms with Crippen LogP contribution >= 0.6 is 15.9 Å². The first-order valence-electron chi connectivity index (χ1n) is 10.4. The van der Waals surface area contributed by atoms with E-state index in [0.29, 0.717) is 30.9 Å². The maximum atomic E-state index is 12.8. The van der Waals surface area contributed by atoms with Gasteiger partial charge in [0.15, 0.2) is 10.3 Å². The first-order chi connectivity index (χ1) is 15.5. The van der Waals surface area contributed by atoms with Crippen molar-refractivity contribution in [3.8, 4) is 5.69 Å². The molecule has 1 N–H and O–H groups in total. The number of halogens is 1. The molecule has 2 aromatic rings. The molecule has 1 aromatic carbocycles. The third kappa shape index (κ3) is 6.08. The normalized spacial score (nSPS) is 16.9. The number of hydrogen-bond donors (Lipinski definition) is 1. The molecule has 11 nitrogen and oxygen atoms in total. The quantitative estimate of drug-likeness (QED) is 0.607. The number of hydrogen-bond acceptors (Lipinski definition) is 8. The largest absolute Gasteiger partial charge is 0.465 e. The second-order valence-electron chi connectivity index (χ2n) is 8.58. The highest BCUT2D eigenvalue weighted by atomic mass is 79.9. The predicted octanol–water partition coefficient (Wildman–Crippen LogP) is 2.40. The van der Waals surface area contributed by atoms with Gasteiger partial charge in [-0.15, -0.1) is 15.0 Å². The van der Waals surface area contributed by atoms with Gasteiger partial charge in [-0.2, -0.15) is 0 Å². The number of amides is 2. The van der Waals surface area contributed by atoms with E-state index in [4.69, 9.17) is 4.74 Å². The van der Waals surface area contributed by atoms with E-state index >= 15 is 0 Å². The average molecular weight is 523 g/mol.